The number of hydrogen-bond donors (Lipinski definition) is 1. The summed E-state index contributed by atoms with van der Waals surface area (Å²) in [6.45, 7) is 6.08. The summed E-state index contributed by atoms with van der Waals surface area (Å²) in [7, 11) is 0. The number of primary amides is 1. The molecular weight excluding hydrogens is 214 g/mol. The van der Waals surface area contributed by atoms with Gasteiger partial charge in [-0.15, -0.1) is 6.58 Å². The molecule has 0 heterocycles. The number of benzene rings is 1. The van der Waals surface area contributed by atoms with E-state index in [4.69, 9.17) is 10.5 Å². The van der Waals surface area contributed by atoms with Gasteiger partial charge in [-0.05, 0) is 18.4 Å². The van der Waals surface area contributed by atoms with Gasteiger partial charge in [0, 0.05) is 5.41 Å². The lowest BCUT2D eigenvalue weighted by Gasteiger charge is -2.29. The highest BCUT2D eigenvalue weighted by atomic mass is 16.5. The van der Waals surface area contributed by atoms with E-state index in [-0.39, 0.29) is 5.41 Å². The van der Waals surface area contributed by atoms with Gasteiger partial charge in [-0.3, -0.25) is 0 Å². The molecule has 1 aromatic rings. The zero-order valence-corrected chi connectivity index (χ0v) is 10.2. The molecule has 0 spiro atoms. The number of ether oxygens (including phenoxy) is 1. The summed E-state index contributed by atoms with van der Waals surface area (Å²) in [4.78, 5) is 10.7. The maximum absolute atomic E-state index is 10.7. The molecule has 0 aromatic heterocycles. The molecule has 1 amide bonds. The number of amides is 1. The maximum Gasteiger partial charge on any atom is 0.404 e. The second kappa shape index (κ2) is 6.09. The van der Waals surface area contributed by atoms with E-state index >= 15 is 0 Å². The highest BCUT2D eigenvalue weighted by Gasteiger charge is 2.27. The van der Waals surface area contributed by atoms with Crippen molar-refractivity contribution >= 4 is 6.09 Å². The number of allylic oxidation sites excluding steroid dienone is 1. The maximum atomic E-state index is 10.7. The van der Waals surface area contributed by atoms with Crippen LogP contribution in [0.5, 0.6) is 0 Å². The summed E-state index contributed by atoms with van der Waals surface area (Å²) in [6.07, 6.45) is 2.87. The summed E-state index contributed by atoms with van der Waals surface area (Å²) >= 11 is 0. The molecule has 0 radical (unpaired) electrons. The van der Waals surface area contributed by atoms with Gasteiger partial charge in [-0.25, -0.2) is 4.79 Å². The number of nitrogens with two attached hydrogens (primary N) is 1. The SMILES string of the molecule is C=CCCC(C)(COC(N)=O)c1ccccc1. The fourth-order valence-corrected chi connectivity index (χ4v) is 1.79. The molecule has 1 aromatic carbocycles. The fourth-order valence-electron chi connectivity index (χ4n) is 1.79. The van der Waals surface area contributed by atoms with Crippen molar-refractivity contribution in [1.29, 1.82) is 0 Å². The highest BCUT2D eigenvalue weighted by molar-refractivity contribution is 5.64. The number of rotatable bonds is 6. The molecule has 92 valence electrons. The van der Waals surface area contributed by atoms with Gasteiger partial charge in [0.25, 0.3) is 0 Å². The van der Waals surface area contributed by atoms with E-state index < -0.39 is 6.09 Å². The third-order valence-electron chi connectivity index (χ3n) is 2.90. The molecule has 17 heavy (non-hydrogen) atoms. The Labute approximate surface area is 102 Å². The summed E-state index contributed by atoms with van der Waals surface area (Å²) in [5, 5.41) is 0. The summed E-state index contributed by atoms with van der Waals surface area (Å²) in [6, 6.07) is 9.99. The number of carbonyl (C=O) groups excluding carboxylic acids is 1. The molecule has 1 atom stereocenters. The molecule has 0 aliphatic carbocycles. The van der Waals surface area contributed by atoms with Crippen LogP contribution in [0.2, 0.25) is 0 Å². The first-order valence-electron chi connectivity index (χ1n) is 5.67. The lowest BCUT2D eigenvalue weighted by molar-refractivity contribution is 0.125. The smallest absolute Gasteiger partial charge is 0.404 e. The van der Waals surface area contributed by atoms with E-state index in [1.165, 1.54) is 0 Å². The lowest BCUT2D eigenvalue weighted by Crippen LogP contribution is -2.31. The Balaban J connectivity index is 2.84. The quantitative estimate of drug-likeness (QED) is 0.768. The predicted molar refractivity (Wildman–Crippen MR) is 68.8 cm³/mol. The van der Waals surface area contributed by atoms with E-state index in [1.807, 2.05) is 36.4 Å². The predicted octanol–water partition coefficient (Wildman–Crippen LogP) is 3.01. The molecule has 2 N–H and O–H groups in total. The Kier molecular flexibility index (Phi) is 4.76. The van der Waals surface area contributed by atoms with Crippen molar-refractivity contribution < 1.29 is 9.53 Å². The third kappa shape index (κ3) is 3.94. The first-order valence-corrected chi connectivity index (χ1v) is 5.67. The summed E-state index contributed by atoms with van der Waals surface area (Å²) in [5.74, 6) is 0. The molecule has 0 saturated heterocycles. The Morgan fingerprint density at radius 2 is 2.12 bits per heavy atom. The second-order valence-corrected chi connectivity index (χ2v) is 4.36. The number of hydrogen-bond acceptors (Lipinski definition) is 2. The van der Waals surface area contributed by atoms with Crippen LogP contribution in [-0.4, -0.2) is 12.7 Å². The van der Waals surface area contributed by atoms with Crippen molar-refractivity contribution in [2.45, 2.75) is 25.2 Å². The van der Waals surface area contributed by atoms with Crippen LogP contribution in [0.3, 0.4) is 0 Å². The van der Waals surface area contributed by atoms with Crippen molar-refractivity contribution in [1.82, 2.24) is 0 Å². The molecule has 1 unspecified atom stereocenters. The zero-order valence-electron chi connectivity index (χ0n) is 10.2. The molecule has 0 aliphatic heterocycles. The average molecular weight is 233 g/mol. The second-order valence-electron chi connectivity index (χ2n) is 4.36. The monoisotopic (exact) mass is 233 g/mol. The van der Waals surface area contributed by atoms with Crippen molar-refractivity contribution in [2.24, 2.45) is 5.73 Å². The van der Waals surface area contributed by atoms with Crippen LogP contribution in [0.15, 0.2) is 43.0 Å². The molecule has 0 aliphatic rings. The normalized spacial score (nSPS) is 13.7. The molecule has 3 nitrogen and oxygen atoms in total. The van der Waals surface area contributed by atoms with Gasteiger partial charge in [-0.2, -0.15) is 0 Å². The van der Waals surface area contributed by atoms with Gasteiger partial charge in [0.15, 0.2) is 0 Å². The van der Waals surface area contributed by atoms with Crippen LogP contribution in [-0.2, 0) is 10.2 Å². The van der Waals surface area contributed by atoms with Gasteiger partial charge >= 0.3 is 6.09 Å². The van der Waals surface area contributed by atoms with Crippen molar-refractivity contribution in [3.63, 3.8) is 0 Å². The highest BCUT2D eigenvalue weighted by Crippen LogP contribution is 2.29. The van der Waals surface area contributed by atoms with Gasteiger partial charge in [-0.1, -0.05) is 43.3 Å². The summed E-state index contributed by atoms with van der Waals surface area (Å²) in [5.41, 5.74) is 5.95. The first-order chi connectivity index (χ1) is 8.08. The van der Waals surface area contributed by atoms with Crippen LogP contribution in [0.4, 0.5) is 4.79 Å². The lowest BCUT2D eigenvalue weighted by atomic mass is 9.79. The van der Waals surface area contributed by atoms with Gasteiger partial charge < -0.3 is 10.5 Å². The summed E-state index contributed by atoms with van der Waals surface area (Å²) < 4.78 is 4.96. The minimum Gasteiger partial charge on any atom is -0.449 e. The van der Waals surface area contributed by atoms with Crippen LogP contribution >= 0.6 is 0 Å². The van der Waals surface area contributed by atoms with E-state index in [2.05, 4.69) is 13.5 Å². The van der Waals surface area contributed by atoms with E-state index in [0.29, 0.717) is 6.61 Å². The molecule has 0 saturated carbocycles. The molecule has 1 rings (SSSR count). The molecule has 3 heteroatoms. The Morgan fingerprint density at radius 1 is 1.47 bits per heavy atom. The third-order valence-corrected chi connectivity index (χ3v) is 2.90. The Morgan fingerprint density at radius 3 is 2.65 bits per heavy atom. The minimum absolute atomic E-state index is 0.218. The Hall–Kier alpha value is -1.77. The molecule has 0 fully saturated rings. The molecule has 0 bridgehead atoms. The number of carbonyl (C=O) groups is 1. The van der Waals surface area contributed by atoms with Crippen molar-refractivity contribution in [3.05, 3.63) is 48.6 Å². The van der Waals surface area contributed by atoms with Gasteiger partial charge in [0.2, 0.25) is 0 Å². The van der Waals surface area contributed by atoms with Crippen LogP contribution in [0.1, 0.15) is 25.3 Å². The Bertz CT molecular complexity index is 375. The van der Waals surface area contributed by atoms with Gasteiger partial charge in [0.1, 0.15) is 6.61 Å². The van der Waals surface area contributed by atoms with E-state index in [9.17, 15) is 4.79 Å². The van der Waals surface area contributed by atoms with Gasteiger partial charge in [0.05, 0.1) is 0 Å². The van der Waals surface area contributed by atoms with Crippen molar-refractivity contribution in [3.8, 4) is 0 Å². The van der Waals surface area contributed by atoms with Crippen LogP contribution in [0, 0.1) is 0 Å². The van der Waals surface area contributed by atoms with Crippen LogP contribution in [0.25, 0.3) is 0 Å². The van der Waals surface area contributed by atoms with Crippen LogP contribution < -0.4 is 5.73 Å². The topological polar surface area (TPSA) is 52.3 Å². The first kappa shape index (κ1) is 13.3. The van der Waals surface area contributed by atoms with E-state index in [1.54, 1.807) is 0 Å². The minimum atomic E-state index is -0.731. The zero-order chi connectivity index (χ0) is 12.7. The standard InChI is InChI=1S/C14H19NO2/c1-3-4-10-14(2,11-17-13(15)16)12-8-6-5-7-9-12/h3,5-9H,1,4,10-11H2,2H3,(H2,15,16). The van der Waals surface area contributed by atoms with Crippen molar-refractivity contribution in [2.75, 3.05) is 6.61 Å². The van der Waals surface area contributed by atoms with E-state index in [0.717, 1.165) is 18.4 Å². The molecular formula is C14H19NO2. The average Bonchev–Trinajstić information content (AvgIpc) is 2.35. The largest absolute Gasteiger partial charge is 0.449 e. The fraction of sp³-hybridized carbons (Fsp3) is 0.357.